The number of nitrogens with zero attached hydrogens (tertiary/aromatic N) is 3. The summed E-state index contributed by atoms with van der Waals surface area (Å²) >= 11 is 0. The summed E-state index contributed by atoms with van der Waals surface area (Å²) in [5.41, 5.74) is 0. The summed E-state index contributed by atoms with van der Waals surface area (Å²) in [4.78, 5) is 11.6. The first-order valence-corrected chi connectivity index (χ1v) is 6.53. The molecule has 1 aliphatic carbocycles. The smallest absolute Gasteiger partial charge is 0.221 e. The highest BCUT2D eigenvalue weighted by Crippen LogP contribution is 2.23. The zero-order chi connectivity index (χ0) is 12.8. The second-order valence-electron chi connectivity index (χ2n) is 4.91. The van der Waals surface area contributed by atoms with Crippen LogP contribution >= 0.6 is 0 Å². The Morgan fingerprint density at radius 2 is 2.39 bits per heavy atom. The second-order valence-corrected chi connectivity index (χ2v) is 4.91. The molecule has 0 aliphatic heterocycles. The lowest BCUT2D eigenvalue weighted by atomic mass is 9.87. The molecule has 1 aliphatic rings. The SMILES string of the molecule is O=C(CCn1ccnn1)NCC1CCCC(O)C1. The van der Waals surface area contributed by atoms with Gasteiger partial charge < -0.3 is 10.4 Å². The van der Waals surface area contributed by atoms with Crippen molar-refractivity contribution in [3.63, 3.8) is 0 Å². The molecule has 0 bridgehead atoms. The summed E-state index contributed by atoms with van der Waals surface area (Å²) < 4.78 is 1.64. The third kappa shape index (κ3) is 4.10. The van der Waals surface area contributed by atoms with Crippen LogP contribution in [-0.4, -0.2) is 38.7 Å². The van der Waals surface area contributed by atoms with Crippen molar-refractivity contribution >= 4 is 5.91 Å². The van der Waals surface area contributed by atoms with Gasteiger partial charge in [-0.3, -0.25) is 9.48 Å². The molecule has 0 saturated heterocycles. The number of aliphatic hydroxyl groups is 1. The molecule has 1 fully saturated rings. The van der Waals surface area contributed by atoms with Crippen LogP contribution in [-0.2, 0) is 11.3 Å². The van der Waals surface area contributed by atoms with Gasteiger partial charge in [0.2, 0.25) is 5.91 Å². The molecule has 1 saturated carbocycles. The molecular formula is C12H20N4O2. The van der Waals surface area contributed by atoms with Gasteiger partial charge in [0.25, 0.3) is 0 Å². The zero-order valence-corrected chi connectivity index (χ0v) is 10.5. The molecule has 6 heteroatoms. The number of aromatic nitrogens is 3. The minimum atomic E-state index is -0.184. The van der Waals surface area contributed by atoms with Crippen molar-refractivity contribution in [1.29, 1.82) is 0 Å². The fraction of sp³-hybridized carbons (Fsp3) is 0.750. The van der Waals surface area contributed by atoms with Gasteiger partial charge >= 0.3 is 0 Å². The van der Waals surface area contributed by atoms with E-state index in [2.05, 4.69) is 15.6 Å². The Hall–Kier alpha value is -1.43. The topological polar surface area (TPSA) is 80.0 Å². The summed E-state index contributed by atoms with van der Waals surface area (Å²) in [5.74, 6) is 0.453. The number of carbonyl (C=O) groups excluding carboxylic acids is 1. The first-order chi connectivity index (χ1) is 8.74. The van der Waals surface area contributed by atoms with Gasteiger partial charge in [0.1, 0.15) is 0 Å². The van der Waals surface area contributed by atoms with Gasteiger partial charge in [-0.05, 0) is 25.2 Å². The third-order valence-electron chi connectivity index (χ3n) is 3.38. The van der Waals surface area contributed by atoms with Gasteiger partial charge in [0.05, 0.1) is 18.8 Å². The molecule has 0 aromatic carbocycles. The molecule has 100 valence electrons. The van der Waals surface area contributed by atoms with E-state index in [0.29, 0.717) is 25.4 Å². The molecular weight excluding hydrogens is 232 g/mol. The lowest BCUT2D eigenvalue weighted by Crippen LogP contribution is -2.33. The highest BCUT2D eigenvalue weighted by atomic mass is 16.3. The molecule has 0 radical (unpaired) electrons. The molecule has 0 spiro atoms. The van der Waals surface area contributed by atoms with Crippen LogP contribution in [0.25, 0.3) is 0 Å². The predicted molar refractivity (Wildman–Crippen MR) is 65.6 cm³/mol. The van der Waals surface area contributed by atoms with E-state index >= 15 is 0 Å². The van der Waals surface area contributed by atoms with E-state index in [1.807, 2.05) is 0 Å². The van der Waals surface area contributed by atoms with E-state index in [9.17, 15) is 9.90 Å². The number of aliphatic hydroxyl groups excluding tert-OH is 1. The number of hydrogen-bond donors (Lipinski definition) is 2. The average molecular weight is 252 g/mol. The molecule has 6 nitrogen and oxygen atoms in total. The standard InChI is InChI=1S/C12H20N4O2/c17-11-3-1-2-10(8-11)9-13-12(18)4-6-16-7-5-14-15-16/h5,7,10-11,17H,1-4,6,8-9H2,(H,13,18). The van der Waals surface area contributed by atoms with Crippen molar-refractivity contribution in [3.8, 4) is 0 Å². The second kappa shape index (κ2) is 6.49. The number of amides is 1. The average Bonchev–Trinajstić information content (AvgIpc) is 2.87. The van der Waals surface area contributed by atoms with E-state index in [1.165, 1.54) is 0 Å². The van der Waals surface area contributed by atoms with E-state index in [0.717, 1.165) is 25.7 Å². The predicted octanol–water partition coefficient (Wildman–Crippen LogP) is 0.335. The molecule has 1 heterocycles. The molecule has 2 unspecified atom stereocenters. The number of rotatable bonds is 5. The van der Waals surface area contributed by atoms with Crippen molar-refractivity contribution in [1.82, 2.24) is 20.3 Å². The third-order valence-corrected chi connectivity index (χ3v) is 3.38. The van der Waals surface area contributed by atoms with Crippen molar-refractivity contribution in [2.24, 2.45) is 5.92 Å². The van der Waals surface area contributed by atoms with Crippen LogP contribution in [0.5, 0.6) is 0 Å². The van der Waals surface area contributed by atoms with Crippen LogP contribution in [0.1, 0.15) is 32.1 Å². The minimum absolute atomic E-state index is 0.0329. The van der Waals surface area contributed by atoms with Gasteiger partial charge in [-0.25, -0.2) is 0 Å². The van der Waals surface area contributed by atoms with Crippen molar-refractivity contribution in [3.05, 3.63) is 12.4 Å². The summed E-state index contributed by atoms with van der Waals surface area (Å²) in [6.45, 7) is 1.23. The van der Waals surface area contributed by atoms with Crippen LogP contribution in [0, 0.1) is 5.92 Å². The number of nitrogens with one attached hydrogen (secondary N) is 1. The Labute approximate surface area is 106 Å². The Balaban J connectivity index is 1.62. The monoisotopic (exact) mass is 252 g/mol. The van der Waals surface area contributed by atoms with Crippen LogP contribution in [0.4, 0.5) is 0 Å². The zero-order valence-electron chi connectivity index (χ0n) is 10.5. The highest BCUT2D eigenvalue weighted by molar-refractivity contribution is 5.75. The Kier molecular flexibility index (Phi) is 4.69. The van der Waals surface area contributed by atoms with Gasteiger partial charge in [-0.2, -0.15) is 0 Å². The first-order valence-electron chi connectivity index (χ1n) is 6.53. The normalized spacial score (nSPS) is 23.8. The summed E-state index contributed by atoms with van der Waals surface area (Å²) in [6, 6.07) is 0. The number of carbonyl (C=O) groups is 1. The summed E-state index contributed by atoms with van der Waals surface area (Å²) in [5, 5.41) is 19.9. The van der Waals surface area contributed by atoms with Gasteiger partial charge in [0.15, 0.2) is 0 Å². The minimum Gasteiger partial charge on any atom is -0.393 e. The van der Waals surface area contributed by atoms with E-state index in [1.54, 1.807) is 17.1 Å². The number of aryl methyl sites for hydroxylation is 1. The van der Waals surface area contributed by atoms with Crippen molar-refractivity contribution < 1.29 is 9.90 Å². The molecule has 1 aromatic heterocycles. The van der Waals surface area contributed by atoms with Gasteiger partial charge in [0, 0.05) is 19.2 Å². The Bertz CT molecular complexity index is 366. The van der Waals surface area contributed by atoms with E-state index < -0.39 is 0 Å². The maximum atomic E-state index is 11.6. The van der Waals surface area contributed by atoms with Crippen molar-refractivity contribution in [2.75, 3.05) is 6.54 Å². The lowest BCUT2D eigenvalue weighted by Gasteiger charge is -2.25. The molecule has 2 rings (SSSR count). The first kappa shape index (κ1) is 13.0. The highest BCUT2D eigenvalue weighted by Gasteiger charge is 2.20. The van der Waals surface area contributed by atoms with Crippen LogP contribution in [0.3, 0.4) is 0 Å². The molecule has 2 N–H and O–H groups in total. The van der Waals surface area contributed by atoms with E-state index in [-0.39, 0.29) is 12.0 Å². The van der Waals surface area contributed by atoms with Crippen LogP contribution < -0.4 is 5.32 Å². The fourth-order valence-corrected chi connectivity index (χ4v) is 2.36. The molecule has 18 heavy (non-hydrogen) atoms. The fourth-order valence-electron chi connectivity index (χ4n) is 2.36. The largest absolute Gasteiger partial charge is 0.393 e. The van der Waals surface area contributed by atoms with Crippen LogP contribution in [0.15, 0.2) is 12.4 Å². The molecule has 1 aromatic rings. The van der Waals surface area contributed by atoms with Crippen molar-refractivity contribution in [2.45, 2.75) is 44.8 Å². The van der Waals surface area contributed by atoms with Gasteiger partial charge in [-0.1, -0.05) is 11.6 Å². The lowest BCUT2D eigenvalue weighted by molar-refractivity contribution is -0.121. The summed E-state index contributed by atoms with van der Waals surface area (Å²) in [7, 11) is 0. The summed E-state index contributed by atoms with van der Waals surface area (Å²) in [6.07, 6.45) is 7.43. The van der Waals surface area contributed by atoms with E-state index in [4.69, 9.17) is 0 Å². The molecule has 2 atom stereocenters. The number of hydrogen-bond acceptors (Lipinski definition) is 4. The maximum absolute atomic E-state index is 11.6. The maximum Gasteiger partial charge on any atom is 0.221 e. The van der Waals surface area contributed by atoms with Gasteiger partial charge in [-0.15, -0.1) is 5.10 Å². The molecule has 1 amide bonds. The Morgan fingerprint density at radius 1 is 1.50 bits per heavy atom. The Morgan fingerprint density at radius 3 is 3.11 bits per heavy atom. The quantitative estimate of drug-likeness (QED) is 0.791. The van der Waals surface area contributed by atoms with Crippen LogP contribution in [0.2, 0.25) is 0 Å².